The zero-order valence-electron chi connectivity index (χ0n) is 8.59. The molecule has 0 radical (unpaired) electrons. The quantitative estimate of drug-likeness (QED) is 0.273. The molecule has 1 aromatic rings. The first-order valence-corrected chi connectivity index (χ1v) is 4.36. The van der Waals surface area contributed by atoms with Crippen LogP contribution in [0, 0.1) is 10.1 Å². The topological polar surface area (TPSA) is 101 Å². The monoisotopic (exact) mass is 262 g/mol. The molecule has 10 heteroatoms. The number of hydrogen-bond donors (Lipinski definition) is 0. The van der Waals surface area contributed by atoms with Gasteiger partial charge in [0.25, 0.3) is 0 Å². The van der Waals surface area contributed by atoms with Gasteiger partial charge in [-0.15, -0.1) is 0 Å². The first-order chi connectivity index (χ1) is 8.33. The Balaban J connectivity index is 3.04. The average Bonchev–Trinajstić information content (AvgIpc) is 2.26. The fourth-order valence-corrected chi connectivity index (χ4v) is 1.04. The van der Waals surface area contributed by atoms with E-state index in [1.54, 1.807) is 0 Å². The molecule has 0 saturated carbocycles. The molecule has 0 amide bonds. The van der Waals surface area contributed by atoms with E-state index in [2.05, 4.69) is 14.8 Å². The molecule has 7 nitrogen and oxygen atoms in total. The van der Waals surface area contributed by atoms with E-state index in [0.717, 1.165) is 18.2 Å². The fourth-order valence-electron chi connectivity index (χ4n) is 1.04. The van der Waals surface area contributed by atoms with E-state index in [-0.39, 0.29) is 5.69 Å². The standard InChI is InChI=1S/C8H5F3N4O3/c9-8(10,11)4-18-7-2-1-5(13-14-12)3-6(7)15(16)17/h1-3H,4H2. The highest BCUT2D eigenvalue weighted by atomic mass is 19.4. The molecular formula is C8H5F3N4O3. The van der Waals surface area contributed by atoms with E-state index in [1.165, 1.54) is 0 Å². The average molecular weight is 262 g/mol. The highest BCUT2D eigenvalue weighted by Crippen LogP contribution is 2.32. The van der Waals surface area contributed by atoms with Crippen LogP contribution in [0.15, 0.2) is 23.3 Å². The van der Waals surface area contributed by atoms with Crippen molar-refractivity contribution in [1.82, 2.24) is 0 Å². The summed E-state index contributed by atoms with van der Waals surface area (Å²) in [6, 6.07) is 2.87. The third-order valence-corrected chi connectivity index (χ3v) is 1.69. The van der Waals surface area contributed by atoms with E-state index in [1.807, 2.05) is 0 Å². The summed E-state index contributed by atoms with van der Waals surface area (Å²) >= 11 is 0. The Morgan fingerprint density at radius 2 is 2.17 bits per heavy atom. The van der Waals surface area contributed by atoms with Gasteiger partial charge in [-0.2, -0.15) is 13.2 Å². The Kier molecular flexibility index (Phi) is 3.95. The van der Waals surface area contributed by atoms with Gasteiger partial charge in [0.05, 0.1) is 4.92 Å². The number of nitro groups is 1. The Morgan fingerprint density at radius 1 is 1.50 bits per heavy atom. The summed E-state index contributed by atoms with van der Waals surface area (Å²) in [6.45, 7) is -1.64. The molecule has 0 aromatic heterocycles. The zero-order chi connectivity index (χ0) is 13.8. The first-order valence-electron chi connectivity index (χ1n) is 4.36. The van der Waals surface area contributed by atoms with Crippen molar-refractivity contribution >= 4 is 11.4 Å². The summed E-state index contributed by atoms with van der Waals surface area (Å²) in [5.41, 5.74) is 7.34. The molecule has 0 aliphatic carbocycles. The van der Waals surface area contributed by atoms with E-state index >= 15 is 0 Å². The lowest BCUT2D eigenvalue weighted by Crippen LogP contribution is -2.19. The Labute approximate surface area is 97.6 Å². The van der Waals surface area contributed by atoms with Crippen LogP contribution in [0.5, 0.6) is 5.75 Å². The smallest absolute Gasteiger partial charge is 0.422 e. The highest BCUT2D eigenvalue weighted by Gasteiger charge is 2.30. The number of hydrogen-bond acceptors (Lipinski definition) is 4. The fraction of sp³-hybridized carbons (Fsp3) is 0.250. The summed E-state index contributed by atoms with van der Waals surface area (Å²) in [7, 11) is 0. The van der Waals surface area contributed by atoms with Crippen LogP contribution >= 0.6 is 0 Å². The van der Waals surface area contributed by atoms with Crippen molar-refractivity contribution in [2.24, 2.45) is 5.11 Å². The second-order valence-electron chi connectivity index (χ2n) is 3.00. The molecule has 1 aromatic carbocycles. The molecule has 0 N–H and O–H groups in total. The van der Waals surface area contributed by atoms with Gasteiger partial charge in [-0.25, -0.2) is 0 Å². The predicted octanol–water partition coefficient (Wildman–Crippen LogP) is 3.48. The number of halogens is 3. The van der Waals surface area contributed by atoms with Gasteiger partial charge in [-0.3, -0.25) is 10.1 Å². The molecule has 0 aliphatic heterocycles. The van der Waals surface area contributed by atoms with Gasteiger partial charge in [0.2, 0.25) is 0 Å². The lowest BCUT2D eigenvalue weighted by atomic mass is 10.2. The summed E-state index contributed by atoms with van der Waals surface area (Å²) in [5.74, 6) is -0.547. The van der Waals surface area contributed by atoms with Gasteiger partial charge in [0, 0.05) is 16.7 Å². The molecule has 18 heavy (non-hydrogen) atoms. The van der Waals surface area contributed by atoms with Crippen molar-refractivity contribution in [2.45, 2.75) is 6.18 Å². The second-order valence-corrected chi connectivity index (χ2v) is 3.00. The largest absolute Gasteiger partial charge is 0.477 e. The van der Waals surface area contributed by atoms with Gasteiger partial charge >= 0.3 is 11.9 Å². The Bertz CT molecular complexity index is 511. The summed E-state index contributed by atoms with van der Waals surface area (Å²) in [4.78, 5) is 12.1. The Hall–Kier alpha value is -2.48. The van der Waals surface area contributed by atoms with Crippen LogP contribution < -0.4 is 4.74 Å². The van der Waals surface area contributed by atoms with Crippen LogP contribution in [-0.4, -0.2) is 17.7 Å². The first kappa shape index (κ1) is 13.6. The lowest BCUT2D eigenvalue weighted by molar-refractivity contribution is -0.386. The van der Waals surface area contributed by atoms with Gasteiger partial charge < -0.3 is 4.74 Å². The minimum Gasteiger partial charge on any atom is -0.477 e. The molecule has 0 fully saturated rings. The number of nitro benzene ring substituents is 1. The molecule has 0 atom stereocenters. The van der Waals surface area contributed by atoms with E-state index < -0.39 is 29.1 Å². The minimum absolute atomic E-state index is 0.0939. The number of rotatable bonds is 4. The van der Waals surface area contributed by atoms with Crippen molar-refractivity contribution in [1.29, 1.82) is 0 Å². The van der Waals surface area contributed by atoms with Gasteiger partial charge in [0.15, 0.2) is 12.4 Å². The number of ether oxygens (including phenoxy) is 1. The van der Waals surface area contributed by atoms with Crippen LogP contribution in [0.2, 0.25) is 0 Å². The molecule has 0 spiro atoms. The SMILES string of the molecule is [N-]=[N+]=Nc1ccc(OCC(F)(F)F)c([N+](=O)[O-])c1. The van der Waals surface area contributed by atoms with E-state index in [9.17, 15) is 23.3 Å². The van der Waals surface area contributed by atoms with Gasteiger partial charge in [0.1, 0.15) is 0 Å². The maximum absolute atomic E-state index is 11.9. The maximum atomic E-state index is 11.9. The van der Waals surface area contributed by atoms with E-state index in [4.69, 9.17) is 5.53 Å². The van der Waals surface area contributed by atoms with Gasteiger partial charge in [-0.1, -0.05) is 5.11 Å². The molecule has 1 rings (SSSR count). The van der Waals surface area contributed by atoms with Crippen molar-refractivity contribution in [2.75, 3.05) is 6.61 Å². The molecule has 0 bridgehead atoms. The number of nitrogens with zero attached hydrogens (tertiary/aromatic N) is 4. The van der Waals surface area contributed by atoms with Crippen molar-refractivity contribution in [3.8, 4) is 5.75 Å². The van der Waals surface area contributed by atoms with E-state index in [0.29, 0.717) is 0 Å². The predicted molar refractivity (Wildman–Crippen MR) is 53.5 cm³/mol. The van der Waals surface area contributed by atoms with Crippen LogP contribution in [0.25, 0.3) is 10.4 Å². The van der Waals surface area contributed by atoms with Crippen LogP contribution in [0.1, 0.15) is 0 Å². The third-order valence-electron chi connectivity index (χ3n) is 1.69. The van der Waals surface area contributed by atoms with Crippen LogP contribution in [0.4, 0.5) is 24.5 Å². The van der Waals surface area contributed by atoms with Crippen LogP contribution in [-0.2, 0) is 0 Å². The van der Waals surface area contributed by atoms with Crippen molar-refractivity contribution < 1.29 is 22.8 Å². The molecule has 96 valence electrons. The lowest BCUT2D eigenvalue weighted by Gasteiger charge is -2.09. The molecule has 0 unspecified atom stereocenters. The number of azide groups is 1. The molecule has 0 saturated heterocycles. The van der Waals surface area contributed by atoms with Crippen molar-refractivity contribution in [3.63, 3.8) is 0 Å². The minimum atomic E-state index is -4.60. The molecule has 0 aliphatic rings. The maximum Gasteiger partial charge on any atom is 0.422 e. The highest BCUT2D eigenvalue weighted by molar-refractivity contribution is 5.55. The zero-order valence-corrected chi connectivity index (χ0v) is 8.59. The molecule has 0 heterocycles. The summed E-state index contributed by atoms with van der Waals surface area (Å²) in [5, 5.41) is 13.7. The van der Waals surface area contributed by atoms with Crippen molar-refractivity contribution in [3.05, 3.63) is 38.8 Å². The normalized spacial score (nSPS) is 10.6. The third kappa shape index (κ3) is 3.83. The molecular weight excluding hydrogens is 257 g/mol. The van der Waals surface area contributed by atoms with Gasteiger partial charge in [-0.05, 0) is 17.7 Å². The summed E-state index contributed by atoms with van der Waals surface area (Å²) < 4.78 is 40.0. The second kappa shape index (κ2) is 5.23. The number of benzene rings is 1. The number of alkyl halides is 3. The van der Waals surface area contributed by atoms with Crippen LogP contribution in [0.3, 0.4) is 0 Å². The summed E-state index contributed by atoms with van der Waals surface area (Å²) in [6.07, 6.45) is -4.60. The Morgan fingerprint density at radius 3 is 2.67 bits per heavy atom.